The van der Waals surface area contributed by atoms with Gasteiger partial charge in [-0.2, -0.15) is 0 Å². The molecule has 0 aromatic heterocycles. The molecule has 0 saturated carbocycles. The second kappa shape index (κ2) is 8.14. The zero-order valence-electron chi connectivity index (χ0n) is 12.5. The minimum atomic E-state index is -1.13. The van der Waals surface area contributed by atoms with Crippen molar-refractivity contribution in [2.75, 3.05) is 13.7 Å². The molecule has 0 bridgehead atoms. The van der Waals surface area contributed by atoms with Crippen LogP contribution in [-0.2, 0) is 4.79 Å². The van der Waals surface area contributed by atoms with Gasteiger partial charge in [-0.3, -0.25) is 4.79 Å². The van der Waals surface area contributed by atoms with Crippen LogP contribution in [0.2, 0.25) is 0 Å². The van der Waals surface area contributed by atoms with E-state index >= 15 is 0 Å². The highest BCUT2D eigenvalue weighted by atomic mass is 16.5. The fourth-order valence-corrected chi connectivity index (χ4v) is 1.89. The molecule has 21 heavy (non-hydrogen) atoms. The van der Waals surface area contributed by atoms with Crippen LogP contribution in [0.25, 0.3) is 0 Å². The molecule has 0 aliphatic rings. The number of aromatic carboxylic acids is 1. The van der Waals surface area contributed by atoms with E-state index in [-0.39, 0.29) is 35.6 Å². The van der Waals surface area contributed by atoms with E-state index < -0.39 is 5.97 Å². The molecule has 0 spiro atoms. The van der Waals surface area contributed by atoms with Crippen molar-refractivity contribution in [2.24, 2.45) is 0 Å². The number of amides is 1. The van der Waals surface area contributed by atoms with Crippen molar-refractivity contribution in [2.45, 2.75) is 32.7 Å². The number of hydrogen-bond acceptors (Lipinski definition) is 4. The molecular formula is C15H21NO5. The van der Waals surface area contributed by atoms with Gasteiger partial charge in [-0.1, -0.05) is 19.9 Å². The number of ether oxygens (including phenoxy) is 2. The molecule has 1 aromatic rings. The Kier molecular flexibility index (Phi) is 6.52. The molecule has 1 rings (SSSR count). The molecule has 0 atom stereocenters. The van der Waals surface area contributed by atoms with Crippen molar-refractivity contribution in [3.8, 4) is 11.5 Å². The molecule has 6 nitrogen and oxygen atoms in total. The van der Waals surface area contributed by atoms with Crippen LogP contribution in [0.3, 0.4) is 0 Å². The van der Waals surface area contributed by atoms with Gasteiger partial charge in [0.25, 0.3) is 5.91 Å². The number of rotatable bonds is 8. The van der Waals surface area contributed by atoms with E-state index in [4.69, 9.17) is 14.6 Å². The van der Waals surface area contributed by atoms with E-state index in [0.717, 1.165) is 12.8 Å². The molecule has 0 unspecified atom stereocenters. The Bertz CT molecular complexity index is 497. The first-order chi connectivity index (χ1) is 10.0. The maximum atomic E-state index is 11.8. The molecule has 0 radical (unpaired) electrons. The summed E-state index contributed by atoms with van der Waals surface area (Å²) in [6, 6.07) is 4.64. The third-order valence-corrected chi connectivity index (χ3v) is 3.13. The lowest BCUT2D eigenvalue weighted by atomic mass is 10.2. The van der Waals surface area contributed by atoms with Crippen LogP contribution < -0.4 is 14.8 Å². The number of carbonyl (C=O) groups is 2. The topological polar surface area (TPSA) is 84.9 Å². The average molecular weight is 295 g/mol. The van der Waals surface area contributed by atoms with E-state index in [1.165, 1.54) is 13.2 Å². The van der Waals surface area contributed by atoms with Gasteiger partial charge in [-0.05, 0) is 25.0 Å². The van der Waals surface area contributed by atoms with Crippen LogP contribution in [0.5, 0.6) is 11.5 Å². The van der Waals surface area contributed by atoms with E-state index in [1.54, 1.807) is 12.1 Å². The van der Waals surface area contributed by atoms with Gasteiger partial charge >= 0.3 is 5.97 Å². The van der Waals surface area contributed by atoms with Crippen molar-refractivity contribution in [3.05, 3.63) is 23.8 Å². The molecule has 0 aliphatic heterocycles. The number of methoxy groups -OCH3 is 1. The van der Waals surface area contributed by atoms with Gasteiger partial charge in [0.15, 0.2) is 18.1 Å². The van der Waals surface area contributed by atoms with Gasteiger partial charge < -0.3 is 19.9 Å². The van der Waals surface area contributed by atoms with Gasteiger partial charge in [0, 0.05) is 6.04 Å². The summed E-state index contributed by atoms with van der Waals surface area (Å²) in [6.07, 6.45) is 1.66. The molecule has 0 aliphatic carbocycles. The van der Waals surface area contributed by atoms with Crippen molar-refractivity contribution >= 4 is 11.9 Å². The second-order valence-corrected chi connectivity index (χ2v) is 4.51. The summed E-state index contributed by atoms with van der Waals surface area (Å²) in [5.74, 6) is -1.08. The highest BCUT2D eigenvalue weighted by molar-refractivity contribution is 5.92. The van der Waals surface area contributed by atoms with Gasteiger partial charge in [0.2, 0.25) is 0 Å². The van der Waals surface area contributed by atoms with Crippen molar-refractivity contribution in [1.82, 2.24) is 5.32 Å². The van der Waals surface area contributed by atoms with Crippen LogP contribution in [0.1, 0.15) is 37.0 Å². The first-order valence-corrected chi connectivity index (χ1v) is 6.85. The number of hydrogen-bond donors (Lipinski definition) is 2. The molecule has 2 N–H and O–H groups in total. The van der Waals surface area contributed by atoms with Gasteiger partial charge in [-0.15, -0.1) is 0 Å². The molecule has 0 saturated heterocycles. The van der Waals surface area contributed by atoms with Crippen LogP contribution in [0, 0.1) is 0 Å². The lowest BCUT2D eigenvalue weighted by molar-refractivity contribution is -0.123. The minimum Gasteiger partial charge on any atom is -0.493 e. The molecule has 1 amide bonds. The largest absolute Gasteiger partial charge is 0.493 e. The number of nitrogens with one attached hydrogen (secondary N) is 1. The summed E-state index contributed by atoms with van der Waals surface area (Å²) < 4.78 is 10.4. The van der Waals surface area contributed by atoms with Crippen LogP contribution in [-0.4, -0.2) is 36.7 Å². The molecule has 6 heteroatoms. The number of carboxylic acid groups (broad SMARTS) is 1. The summed E-state index contributed by atoms with van der Waals surface area (Å²) >= 11 is 0. The fourth-order valence-electron chi connectivity index (χ4n) is 1.89. The smallest absolute Gasteiger partial charge is 0.339 e. The SMILES string of the molecule is CCC(CC)NC(=O)COc1c(OC)cccc1C(=O)O. The minimum absolute atomic E-state index is 0.0373. The second-order valence-electron chi connectivity index (χ2n) is 4.51. The zero-order valence-corrected chi connectivity index (χ0v) is 12.5. The van der Waals surface area contributed by atoms with E-state index in [0.29, 0.717) is 0 Å². The predicted octanol–water partition coefficient (Wildman–Crippen LogP) is 2.08. The maximum absolute atomic E-state index is 11.8. The Morgan fingerprint density at radius 2 is 1.95 bits per heavy atom. The van der Waals surface area contributed by atoms with Crippen LogP contribution in [0.15, 0.2) is 18.2 Å². The summed E-state index contributed by atoms with van der Waals surface area (Å²) in [7, 11) is 1.41. The summed E-state index contributed by atoms with van der Waals surface area (Å²) in [5, 5.41) is 12.0. The van der Waals surface area contributed by atoms with Crippen molar-refractivity contribution < 1.29 is 24.2 Å². The Morgan fingerprint density at radius 3 is 2.48 bits per heavy atom. The number of carbonyl (C=O) groups excluding carboxylic acids is 1. The molecule has 1 aromatic carbocycles. The van der Waals surface area contributed by atoms with Gasteiger partial charge in [0.05, 0.1) is 7.11 Å². The summed E-state index contributed by atoms with van der Waals surface area (Å²) in [4.78, 5) is 23.0. The van der Waals surface area contributed by atoms with Crippen molar-refractivity contribution in [1.29, 1.82) is 0 Å². The summed E-state index contributed by atoms with van der Waals surface area (Å²) in [5.41, 5.74) is -0.0373. The first-order valence-electron chi connectivity index (χ1n) is 6.85. The fraction of sp³-hybridized carbons (Fsp3) is 0.467. The van der Waals surface area contributed by atoms with Crippen molar-refractivity contribution in [3.63, 3.8) is 0 Å². The quantitative estimate of drug-likeness (QED) is 0.767. The standard InChI is InChI=1S/C15H21NO5/c1-4-10(5-2)16-13(17)9-21-14-11(15(18)19)7-6-8-12(14)20-3/h6-8,10H,4-5,9H2,1-3H3,(H,16,17)(H,18,19). The Labute approximate surface area is 124 Å². The molecule has 0 fully saturated rings. The van der Waals surface area contributed by atoms with E-state index in [2.05, 4.69) is 5.32 Å². The zero-order chi connectivity index (χ0) is 15.8. The molecular weight excluding hydrogens is 274 g/mol. The summed E-state index contributed by atoms with van der Waals surface area (Å²) in [6.45, 7) is 3.72. The van der Waals surface area contributed by atoms with Gasteiger partial charge in [0.1, 0.15) is 5.56 Å². The lowest BCUT2D eigenvalue weighted by Gasteiger charge is -2.16. The third kappa shape index (κ3) is 4.66. The Balaban J connectivity index is 2.78. The monoisotopic (exact) mass is 295 g/mol. The highest BCUT2D eigenvalue weighted by Gasteiger charge is 2.18. The predicted molar refractivity (Wildman–Crippen MR) is 78.0 cm³/mol. The normalized spacial score (nSPS) is 10.3. The van der Waals surface area contributed by atoms with Crippen LogP contribution in [0.4, 0.5) is 0 Å². The third-order valence-electron chi connectivity index (χ3n) is 3.13. The highest BCUT2D eigenvalue weighted by Crippen LogP contribution is 2.30. The number of carboxylic acids is 1. The first kappa shape index (κ1) is 16.8. The number of benzene rings is 1. The molecule has 116 valence electrons. The molecule has 0 heterocycles. The average Bonchev–Trinajstić information content (AvgIpc) is 2.49. The lowest BCUT2D eigenvalue weighted by Crippen LogP contribution is -2.37. The van der Waals surface area contributed by atoms with E-state index in [1.807, 2.05) is 13.8 Å². The van der Waals surface area contributed by atoms with E-state index in [9.17, 15) is 9.59 Å². The maximum Gasteiger partial charge on any atom is 0.339 e. The number of para-hydroxylation sites is 1. The van der Waals surface area contributed by atoms with Crippen LogP contribution >= 0.6 is 0 Å². The Hall–Kier alpha value is -2.24. The Morgan fingerprint density at radius 1 is 1.29 bits per heavy atom. The van der Waals surface area contributed by atoms with Gasteiger partial charge in [-0.25, -0.2) is 4.79 Å².